The zero-order valence-electron chi connectivity index (χ0n) is 16.2. The van der Waals surface area contributed by atoms with Gasteiger partial charge in [0.1, 0.15) is 17.1 Å². The molecule has 0 bridgehead atoms. The molecule has 0 spiro atoms. The topological polar surface area (TPSA) is 79.9 Å². The lowest BCUT2D eigenvalue weighted by atomic mass is 10.1. The predicted molar refractivity (Wildman–Crippen MR) is 107 cm³/mol. The molecule has 0 aliphatic heterocycles. The Kier molecular flexibility index (Phi) is 7.67. The summed E-state index contributed by atoms with van der Waals surface area (Å²) in [4.78, 5) is 12.2. The van der Waals surface area contributed by atoms with E-state index in [1.165, 1.54) is 5.57 Å². The van der Waals surface area contributed by atoms with Crippen molar-refractivity contribution in [3.63, 3.8) is 0 Å². The van der Waals surface area contributed by atoms with Crippen molar-refractivity contribution in [1.82, 2.24) is 0 Å². The second kappa shape index (κ2) is 9.97. The summed E-state index contributed by atoms with van der Waals surface area (Å²) in [6.45, 7) is 6.58. The van der Waals surface area contributed by atoms with Gasteiger partial charge in [0, 0.05) is 19.4 Å². The first-order valence-electron chi connectivity index (χ1n) is 9.23. The normalized spacial score (nSPS) is 11.6. The van der Waals surface area contributed by atoms with Crippen molar-refractivity contribution >= 4 is 11.0 Å². The average molecular weight is 372 g/mol. The molecule has 1 aromatic heterocycles. The summed E-state index contributed by atoms with van der Waals surface area (Å²) in [5.41, 5.74) is 2.49. The molecule has 2 rings (SSSR count). The maximum atomic E-state index is 12.2. The van der Waals surface area contributed by atoms with Gasteiger partial charge in [-0.05, 0) is 51.8 Å². The van der Waals surface area contributed by atoms with E-state index in [9.17, 15) is 9.90 Å². The molecule has 0 saturated heterocycles. The van der Waals surface area contributed by atoms with E-state index < -0.39 is 5.63 Å². The zero-order valence-corrected chi connectivity index (χ0v) is 16.2. The first-order valence-corrected chi connectivity index (χ1v) is 9.23. The SMILES string of the molecule is CC(C)=CCC/C(C)=C/Cc1c(O)c2cc(OCCCO)ccc2oc1=O. The number of fused-ring (bicyclic) bond motifs is 1. The van der Waals surface area contributed by atoms with Gasteiger partial charge in [0.05, 0.1) is 17.6 Å². The molecule has 0 aliphatic rings. The fourth-order valence-corrected chi connectivity index (χ4v) is 2.70. The van der Waals surface area contributed by atoms with E-state index >= 15 is 0 Å². The number of benzene rings is 1. The molecule has 146 valence electrons. The van der Waals surface area contributed by atoms with E-state index in [2.05, 4.69) is 19.9 Å². The van der Waals surface area contributed by atoms with E-state index in [-0.39, 0.29) is 17.9 Å². The largest absolute Gasteiger partial charge is 0.507 e. The van der Waals surface area contributed by atoms with Crippen LogP contribution in [0.15, 0.2) is 50.7 Å². The predicted octanol–water partition coefficient (Wildman–Crippen LogP) is 4.50. The van der Waals surface area contributed by atoms with Gasteiger partial charge in [0.2, 0.25) is 0 Å². The maximum absolute atomic E-state index is 12.2. The van der Waals surface area contributed by atoms with Crippen LogP contribution in [0, 0.1) is 0 Å². The summed E-state index contributed by atoms with van der Waals surface area (Å²) < 4.78 is 10.9. The van der Waals surface area contributed by atoms with Crippen LogP contribution in [-0.4, -0.2) is 23.4 Å². The Morgan fingerprint density at radius 1 is 1.22 bits per heavy atom. The standard InChI is InChI=1S/C22H28O5/c1-15(2)6-4-7-16(3)8-10-18-21(24)19-14-17(26-13-5-12-23)9-11-20(19)27-22(18)25/h6,8-9,11,14,23-24H,4-5,7,10,12-13H2,1-3H3/b16-8+. The Morgan fingerprint density at radius 3 is 2.70 bits per heavy atom. The van der Waals surface area contributed by atoms with Crippen LogP contribution >= 0.6 is 0 Å². The van der Waals surface area contributed by atoms with E-state index in [4.69, 9.17) is 14.3 Å². The third-order valence-corrected chi connectivity index (χ3v) is 4.26. The minimum atomic E-state index is -0.526. The van der Waals surface area contributed by atoms with Crippen LogP contribution in [0.25, 0.3) is 11.0 Å². The summed E-state index contributed by atoms with van der Waals surface area (Å²) in [5.74, 6) is 0.488. The number of rotatable bonds is 9. The molecular weight excluding hydrogens is 344 g/mol. The van der Waals surface area contributed by atoms with E-state index in [0.717, 1.165) is 18.4 Å². The molecule has 2 aromatic rings. The minimum absolute atomic E-state index is 0.0527. The fraction of sp³-hybridized carbons (Fsp3) is 0.409. The van der Waals surface area contributed by atoms with Crippen molar-refractivity contribution < 1.29 is 19.4 Å². The maximum Gasteiger partial charge on any atom is 0.343 e. The highest BCUT2D eigenvalue weighted by Gasteiger charge is 2.14. The van der Waals surface area contributed by atoms with Crippen LogP contribution in [0.2, 0.25) is 0 Å². The molecule has 0 unspecified atom stereocenters. The monoisotopic (exact) mass is 372 g/mol. The molecule has 0 atom stereocenters. The highest BCUT2D eigenvalue weighted by atomic mass is 16.5. The lowest BCUT2D eigenvalue weighted by Gasteiger charge is -2.09. The quantitative estimate of drug-likeness (QED) is 0.385. The summed E-state index contributed by atoms with van der Waals surface area (Å²) in [6, 6.07) is 4.93. The van der Waals surface area contributed by atoms with Gasteiger partial charge in [-0.15, -0.1) is 0 Å². The number of allylic oxidation sites excluding steroid dienone is 4. The Morgan fingerprint density at radius 2 is 2.00 bits per heavy atom. The van der Waals surface area contributed by atoms with E-state index in [1.807, 2.05) is 13.0 Å². The molecule has 1 heterocycles. The van der Waals surface area contributed by atoms with Crippen LogP contribution < -0.4 is 10.4 Å². The number of aromatic hydroxyl groups is 1. The molecule has 0 fully saturated rings. The van der Waals surface area contributed by atoms with Crippen molar-refractivity contribution in [2.75, 3.05) is 13.2 Å². The van der Waals surface area contributed by atoms with Gasteiger partial charge in [-0.2, -0.15) is 0 Å². The Hall–Kier alpha value is -2.53. The highest BCUT2D eigenvalue weighted by Crippen LogP contribution is 2.30. The van der Waals surface area contributed by atoms with Crippen LogP contribution in [0.5, 0.6) is 11.5 Å². The van der Waals surface area contributed by atoms with E-state index in [1.54, 1.807) is 18.2 Å². The lowest BCUT2D eigenvalue weighted by Crippen LogP contribution is -2.07. The molecule has 0 aliphatic carbocycles. The zero-order chi connectivity index (χ0) is 19.8. The van der Waals surface area contributed by atoms with Crippen molar-refractivity contribution in [1.29, 1.82) is 0 Å². The van der Waals surface area contributed by atoms with Crippen LogP contribution in [0.4, 0.5) is 0 Å². The van der Waals surface area contributed by atoms with Crippen molar-refractivity contribution in [3.8, 4) is 11.5 Å². The molecule has 0 amide bonds. The number of aliphatic hydroxyl groups excluding tert-OH is 1. The second-order valence-electron chi connectivity index (χ2n) is 6.88. The molecule has 5 heteroatoms. The smallest absolute Gasteiger partial charge is 0.343 e. The minimum Gasteiger partial charge on any atom is -0.507 e. The first kappa shape index (κ1) is 20.8. The summed E-state index contributed by atoms with van der Waals surface area (Å²) in [5, 5.41) is 19.9. The average Bonchev–Trinajstić information content (AvgIpc) is 2.62. The summed E-state index contributed by atoms with van der Waals surface area (Å²) >= 11 is 0. The van der Waals surface area contributed by atoms with Gasteiger partial charge in [-0.3, -0.25) is 0 Å². The molecule has 0 saturated carbocycles. The van der Waals surface area contributed by atoms with Gasteiger partial charge >= 0.3 is 5.63 Å². The molecule has 27 heavy (non-hydrogen) atoms. The molecular formula is C22H28O5. The molecule has 5 nitrogen and oxygen atoms in total. The van der Waals surface area contributed by atoms with Crippen LogP contribution in [0.3, 0.4) is 0 Å². The van der Waals surface area contributed by atoms with Gasteiger partial charge < -0.3 is 19.4 Å². The Labute approximate surface area is 159 Å². The number of ether oxygens (including phenoxy) is 1. The molecule has 2 N–H and O–H groups in total. The van der Waals surface area contributed by atoms with Crippen molar-refractivity contribution in [2.24, 2.45) is 0 Å². The summed E-state index contributed by atoms with van der Waals surface area (Å²) in [6.07, 6.45) is 6.84. The van der Waals surface area contributed by atoms with Crippen molar-refractivity contribution in [2.45, 2.75) is 46.5 Å². The second-order valence-corrected chi connectivity index (χ2v) is 6.88. The van der Waals surface area contributed by atoms with Gasteiger partial charge in [-0.1, -0.05) is 23.3 Å². The Balaban J connectivity index is 2.23. The third-order valence-electron chi connectivity index (χ3n) is 4.26. The van der Waals surface area contributed by atoms with Crippen LogP contribution in [0.1, 0.15) is 45.6 Å². The summed E-state index contributed by atoms with van der Waals surface area (Å²) in [7, 11) is 0. The van der Waals surface area contributed by atoms with Crippen molar-refractivity contribution in [3.05, 3.63) is 57.5 Å². The lowest BCUT2D eigenvalue weighted by molar-refractivity contribution is 0.233. The number of hydrogen-bond donors (Lipinski definition) is 2. The molecule has 1 aromatic carbocycles. The Bertz CT molecular complexity index is 885. The number of aliphatic hydroxyl groups is 1. The fourth-order valence-electron chi connectivity index (χ4n) is 2.70. The molecule has 0 radical (unpaired) electrons. The highest BCUT2D eigenvalue weighted by molar-refractivity contribution is 5.85. The number of hydrogen-bond acceptors (Lipinski definition) is 5. The van der Waals surface area contributed by atoms with Gasteiger partial charge in [0.15, 0.2) is 0 Å². The van der Waals surface area contributed by atoms with Gasteiger partial charge in [-0.25, -0.2) is 4.79 Å². The first-order chi connectivity index (χ1) is 12.9. The van der Waals surface area contributed by atoms with Crippen LogP contribution in [-0.2, 0) is 6.42 Å². The third kappa shape index (κ3) is 6.00. The van der Waals surface area contributed by atoms with E-state index in [0.29, 0.717) is 36.2 Å². The van der Waals surface area contributed by atoms with Gasteiger partial charge in [0.25, 0.3) is 0 Å².